The number of rotatable bonds is 5. The first kappa shape index (κ1) is 16.8. The number of hydrogen-bond donors (Lipinski definition) is 2. The molecular weight excluding hydrogens is 304 g/mol. The number of carbonyl (C=O) groups excluding carboxylic acids is 2. The summed E-state index contributed by atoms with van der Waals surface area (Å²) in [6, 6.07) is 7.42. The molecule has 1 aliphatic heterocycles. The van der Waals surface area contributed by atoms with Crippen molar-refractivity contribution in [3.05, 3.63) is 34.9 Å². The van der Waals surface area contributed by atoms with Crippen LogP contribution in [0.3, 0.4) is 0 Å². The van der Waals surface area contributed by atoms with Gasteiger partial charge in [-0.25, -0.2) is 0 Å². The van der Waals surface area contributed by atoms with Gasteiger partial charge in [-0.3, -0.25) is 9.59 Å². The van der Waals surface area contributed by atoms with Crippen molar-refractivity contribution in [1.82, 2.24) is 10.2 Å². The molecule has 0 saturated carbocycles. The minimum Gasteiger partial charge on any atom is -0.384 e. The maximum Gasteiger partial charge on any atom is 0.223 e. The molecule has 1 saturated heterocycles. The molecule has 0 aromatic heterocycles. The smallest absolute Gasteiger partial charge is 0.223 e. The molecule has 1 unspecified atom stereocenters. The molecule has 120 valence electrons. The quantitative estimate of drug-likeness (QED) is 0.856. The topological polar surface area (TPSA) is 69.6 Å². The van der Waals surface area contributed by atoms with Gasteiger partial charge in [-0.05, 0) is 24.1 Å². The van der Waals surface area contributed by atoms with Gasteiger partial charge in [0.05, 0.1) is 13.1 Å². The fourth-order valence-corrected chi connectivity index (χ4v) is 2.75. The van der Waals surface area contributed by atoms with E-state index < -0.39 is 5.60 Å². The van der Waals surface area contributed by atoms with Gasteiger partial charge in [0.15, 0.2) is 0 Å². The van der Waals surface area contributed by atoms with Gasteiger partial charge in [-0.1, -0.05) is 30.7 Å². The molecule has 1 aromatic carbocycles. The van der Waals surface area contributed by atoms with Gasteiger partial charge in [0.1, 0.15) is 5.60 Å². The Morgan fingerprint density at radius 2 is 2.14 bits per heavy atom. The summed E-state index contributed by atoms with van der Waals surface area (Å²) in [5, 5.41) is 13.6. The summed E-state index contributed by atoms with van der Waals surface area (Å²) in [6.07, 6.45) is 0.588. The summed E-state index contributed by atoms with van der Waals surface area (Å²) in [5.41, 5.74) is -0.00263. The van der Waals surface area contributed by atoms with Crippen LogP contribution in [0.4, 0.5) is 0 Å². The first-order valence-electron chi connectivity index (χ1n) is 7.29. The largest absolute Gasteiger partial charge is 0.384 e. The van der Waals surface area contributed by atoms with Crippen LogP contribution in [0.2, 0.25) is 5.02 Å². The lowest BCUT2D eigenvalue weighted by molar-refractivity contribution is -0.153. The maximum atomic E-state index is 12.1. The molecule has 2 N–H and O–H groups in total. The Morgan fingerprint density at radius 1 is 1.45 bits per heavy atom. The van der Waals surface area contributed by atoms with Crippen molar-refractivity contribution in [3.63, 3.8) is 0 Å². The second-order valence-electron chi connectivity index (χ2n) is 6.05. The van der Waals surface area contributed by atoms with Crippen molar-refractivity contribution >= 4 is 23.4 Å². The highest BCUT2D eigenvalue weighted by atomic mass is 35.5. The average molecular weight is 325 g/mol. The van der Waals surface area contributed by atoms with Gasteiger partial charge in [-0.15, -0.1) is 0 Å². The number of β-amino-alcohol motifs (C(OH)–C–C–N with tert-alkyl or cyclic N) is 1. The van der Waals surface area contributed by atoms with Crippen molar-refractivity contribution in [2.45, 2.75) is 25.9 Å². The van der Waals surface area contributed by atoms with Crippen LogP contribution >= 0.6 is 11.6 Å². The summed E-state index contributed by atoms with van der Waals surface area (Å²) in [6.45, 7) is 4.00. The number of aliphatic hydroxyl groups is 1. The maximum absolute atomic E-state index is 12.1. The molecule has 2 rings (SSSR count). The molecule has 1 fully saturated rings. The Kier molecular flexibility index (Phi) is 5.08. The number of halogens is 1. The van der Waals surface area contributed by atoms with Crippen molar-refractivity contribution in [2.24, 2.45) is 5.92 Å². The second-order valence-corrected chi connectivity index (χ2v) is 6.49. The molecule has 5 nitrogen and oxygen atoms in total. The van der Waals surface area contributed by atoms with E-state index in [1.54, 1.807) is 11.0 Å². The van der Waals surface area contributed by atoms with E-state index in [0.717, 1.165) is 5.56 Å². The predicted octanol–water partition coefficient (Wildman–Crippen LogP) is 1.23. The predicted molar refractivity (Wildman–Crippen MR) is 84.5 cm³/mol. The zero-order valence-corrected chi connectivity index (χ0v) is 13.6. The lowest BCUT2D eigenvalue weighted by atomic mass is 9.93. The number of hydrogen-bond acceptors (Lipinski definition) is 3. The van der Waals surface area contributed by atoms with E-state index in [1.807, 2.05) is 25.1 Å². The fourth-order valence-electron chi connectivity index (χ4n) is 2.53. The van der Waals surface area contributed by atoms with Crippen molar-refractivity contribution < 1.29 is 14.7 Å². The third-order valence-corrected chi connectivity index (χ3v) is 4.12. The lowest BCUT2D eigenvalue weighted by Crippen LogP contribution is -2.67. The van der Waals surface area contributed by atoms with Crippen LogP contribution in [0.15, 0.2) is 24.3 Å². The van der Waals surface area contributed by atoms with Gasteiger partial charge >= 0.3 is 0 Å². The Morgan fingerprint density at radius 3 is 2.73 bits per heavy atom. The molecule has 0 spiro atoms. The Hall–Kier alpha value is -1.59. The van der Waals surface area contributed by atoms with Gasteiger partial charge in [0, 0.05) is 24.4 Å². The van der Waals surface area contributed by atoms with E-state index in [-0.39, 0.29) is 37.4 Å². The fraction of sp³-hybridized carbons (Fsp3) is 0.500. The van der Waals surface area contributed by atoms with E-state index in [1.165, 1.54) is 6.92 Å². The van der Waals surface area contributed by atoms with Crippen LogP contribution in [-0.2, 0) is 16.0 Å². The molecule has 1 atom stereocenters. The van der Waals surface area contributed by atoms with Crippen LogP contribution in [0.25, 0.3) is 0 Å². The molecular formula is C16H21ClN2O3. The minimum absolute atomic E-state index is 0.0645. The number of nitrogens with zero attached hydrogens (tertiary/aromatic N) is 1. The van der Waals surface area contributed by atoms with Crippen molar-refractivity contribution in [1.29, 1.82) is 0 Å². The van der Waals surface area contributed by atoms with E-state index in [2.05, 4.69) is 5.32 Å². The molecule has 1 heterocycles. The van der Waals surface area contributed by atoms with E-state index in [0.29, 0.717) is 11.4 Å². The standard InChI is InChI=1S/C16H21ClN2O3/c1-11(6-13-4-3-5-14(17)7-13)15(21)18-8-16(22)9-19(10-16)12(2)20/h3-5,7,11,22H,6,8-10H2,1-2H3,(H,18,21). The van der Waals surface area contributed by atoms with Gasteiger partial charge in [0.25, 0.3) is 0 Å². The number of amides is 2. The van der Waals surface area contributed by atoms with Crippen LogP contribution < -0.4 is 5.32 Å². The van der Waals surface area contributed by atoms with E-state index in [4.69, 9.17) is 11.6 Å². The Bertz CT molecular complexity index is 570. The van der Waals surface area contributed by atoms with Crippen molar-refractivity contribution in [3.8, 4) is 0 Å². The second kappa shape index (κ2) is 6.67. The highest BCUT2D eigenvalue weighted by Gasteiger charge is 2.42. The number of likely N-dealkylation sites (tertiary alicyclic amines) is 1. The van der Waals surface area contributed by atoms with Crippen LogP contribution in [0.1, 0.15) is 19.4 Å². The first-order valence-corrected chi connectivity index (χ1v) is 7.67. The monoisotopic (exact) mass is 324 g/mol. The number of benzene rings is 1. The summed E-state index contributed by atoms with van der Waals surface area (Å²) in [5.74, 6) is -0.397. The molecule has 1 aromatic rings. The molecule has 0 bridgehead atoms. The summed E-state index contributed by atoms with van der Waals surface area (Å²) in [4.78, 5) is 24.7. The Balaban J connectivity index is 1.79. The zero-order valence-electron chi connectivity index (χ0n) is 12.8. The third-order valence-electron chi connectivity index (χ3n) is 3.89. The summed E-state index contributed by atoms with van der Waals surface area (Å²) < 4.78 is 0. The minimum atomic E-state index is -1.00. The third kappa shape index (κ3) is 4.21. The van der Waals surface area contributed by atoms with Gasteiger partial charge in [0.2, 0.25) is 11.8 Å². The Labute approximate surface area is 135 Å². The zero-order chi connectivity index (χ0) is 16.3. The van der Waals surface area contributed by atoms with Crippen molar-refractivity contribution in [2.75, 3.05) is 19.6 Å². The highest BCUT2D eigenvalue weighted by Crippen LogP contribution is 2.20. The first-order chi connectivity index (χ1) is 10.3. The van der Waals surface area contributed by atoms with Crippen LogP contribution in [-0.4, -0.2) is 47.1 Å². The number of nitrogens with one attached hydrogen (secondary N) is 1. The highest BCUT2D eigenvalue weighted by molar-refractivity contribution is 6.30. The molecule has 22 heavy (non-hydrogen) atoms. The SMILES string of the molecule is CC(=O)N1CC(O)(CNC(=O)C(C)Cc2cccc(Cl)c2)C1. The molecule has 6 heteroatoms. The number of carbonyl (C=O) groups is 2. The molecule has 2 amide bonds. The average Bonchev–Trinajstić information content (AvgIpc) is 2.41. The summed E-state index contributed by atoms with van der Waals surface area (Å²) >= 11 is 5.93. The normalized spacial score (nSPS) is 17.5. The van der Waals surface area contributed by atoms with Crippen LogP contribution in [0.5, 0.6) is 0 Å². The van der Waals surface area contributed by atoms with Gasteiger partial charge < -0.3 is 15.3 Å². The van der Waals surface area contributed by atoms with E-state index >= 15 is 0 Å². The van der Waals surface area contributed by atoms with Gasteiger partial charge in [-0.2, -0.15) is 0 Å². The molecule has 0 aliphatic carbocycles. The van der Waals surface area contributed by atoms with Crippen LogP contribution in [0, 0.1) is 5.92 Å². The lowest BCUT2D eigenvalue weighted by Gasteiger charge is -2.46. The molecule has 1 aliphatic rings. The van der Waals surface area contributed by atoms with E-state index in [9.17, 15) is 14.7 Å². The molecule has 0 radical (unpaired) electrons. The summed E-state index contributed by atoms with van der Waals surface area (Å²) in [7, 11) is 0.